The van der Waals surface area contributed by atoms with Gasteiger partial charge in [-0.15, -0.1) is 0 Å². The first-order valence-electron chi connectivity index (χ1n) is 10.5. The van der Waals surface area contributed by atoms with Crippen LogP contribution in [0.1, 0.15) is 43.7 Å². The summed E-state index contributed by atoms with van der Waals surface area (Å²) in [4.78, 5) is 4.29. The van der Waals surface area contributed by atoms with Gasteiger partial charge in [-0.1, -0.05) is 31.9 Å². The van der Waals surface area contributed by atoms with Gasteiger partial charge in [0, 0.05) is 38.8 Å². The molecule has 0 bridgehead atoms. The monoisotopic (exact) mass is 424 g/mol. The number of hydrogen-bond acceptors (Lipinski definition) is 4. The van der Waals surface area contributed by atoms with Crippen molar-refractivity contribution in [1.29, 1.82) is 0 Å². The van der Waals surface area contributed by atoms with Crippen molar-refractivity contribution in [2.45, 2.75) is 46.1 Å². The summed E-state index contributed by atoms with van der Waals surface area (Å²) in [6.45, 7) is 7.46. The third-order valence-electron chi connectivity index (χ3n) is 5.17. The predicted molar refractivity (Wildman–Crippen MR) is 119 cm³/mol. The van der Waals surface area contributed by atoms with E-state index in [4.69, 9.17) is 4.74 Å². The van der Waals surface area contributed by atoms with Gasteiger partial charge in [0.1, 0.15) is 5.75 Å². The van der Waals surface area contributed by atoms with Gasteiger partial charge in [-0.05, 0) is 37.3 Å². The Balaban J connectivity index is 1.84. The number of rotatable bonds is 10. The van der Waals surface area contributed by atoms with E-state index in [1.54, 1.807) is 11.4 Å². The van der Waals surface area contributed by atoms with E-state index in [-0.39, 0.29) is 0 Å². The lowest BCUT2D eigenvalue weighted by molar-refractivity contribution is 0.303. The number of unbranched alkanes of at least 4 members (excludes halogenated alkanes) is 2. The summed E-state index contributed by atoms with van der Waals surface area (Å²) in [7, 11) is -1.36. The lowest BCUT2D eigenvalue weighted by Crippen LogP contribution is -2.40. The van der Waals surface area contributed by atoms with E-state index in [9.17, 15) is 8.42 Å². The third-order valence-corrected chi connectivity index (χ3v) is 6.44. The SMILES string of the molecule is CCCCCOc1cc(C)ccc1CNC(=NC)NCC1CCN(S(C)(=O)=O)C1. The number of hydrogen-bond donors (Lipinski definition) is 2. The van der Waals surface area contributed by atoms with Crippen LogP contribution < -0.4 is 15.4 Å². The van der Waals surface area contributed by atoms with E-state index in [2.05, 4.69) is 47.7 Å². The van der Waals surface area contributed by atoms with Crippen LogP contribution >= 0.6 is 0 Å². The summed E-state index contributed by atoms with van der Waals surface area (Å²) in [6.07, 6.45) is 5.55. The maximum atomic E-state index is 11.7. The number of sulfonamides is 1. The topological polar surface area (TPSA) is 83.0 Å². The molecular formula is C21H36N4O3S. The summed E-state index contributed by atoms with van der Waals surface area (Å²) < 4.78 is 30.9. The molecular weight excluding hydrogens is 388 g/mol. The Kier molecular flexibility index (Phi) is 9.23. The highest BCUT2D eigenvalue weighted by atomic mass is 32.2. The fourth-order valence-electron chi connectivity index (χ4n) is 3.38. The highest BCUT2D eigenvalue weighted by Crippen LogP contribution is 2.21. The molecule has 164 valence electrons. The lowest BCUT2D eigenvalue weighted by atomic mass is 10.1. The smallest absolute Gasteiger partial charge is 0.211 e. The van der Waals surface area contributed by atoms with Crippen molar-refractivity contribution in [3.05, 3.63) is 29.3 Å². The molecule has 1 fully saturated rings. The molecule has 1 unspecified atom stereocenters. The number of aryl methyl sites for hydroxylation is 1. The highest BCUT2D eigenvalue weighted by molar-refractivity contribution is 7.88. The molecule has 0 saturated carbocycles. The van der Waals surface area contributed by atoms with Crippen molar-refractivity contribution in [3.63, 3.8) is 0 Å². The zero-order chi connectivity index (χ0) is 21.3. The molecule has 1 aromatic rings. The molecule has 29 heavy (non-hydrogen) atoms. The number of guanidine groups is 1. The molecule has 1 heterocycles. The van der Waals surface area contributed by atoms with Crippen LogP contribution in [0.15, 0.2) is 23.2 Å². The minimum atomic E-state index is -3.10. The number of nitrogens with zero attached hydrogens (tertiary/aromatic N) is 2. The minimum Gasteiger partial charge on any atom is -0.493 e. The van der Waals surface area contributed by atoms with Crippen LogP contribution in [0, 0.1) is 12.8 Å². The van der Waals surface area contributed by atoms with Gasteiger partial charge in [-0.3, -0.25) is 4.99 Å². The summed E-state index contributed by atoms with van der Waals surface area (Å²) in [5.74, 6) is 1.92. The normalized spacial score (nSPS) is 18.1. The first-order chi connectivity index (χ1) is 13.8. The average molecular weight is 425 g/mol. The van der Waals surface area contributed by atoms with Crippen molar-refractivity contribution in [2.24, 2.45) is 10.9 Å². The maximum absolute atomic E-state index is 11.7. The Morgan fingerprint density at radius 3 is 2.76 bits per heavy atom. The Hall–Kier alpha value is -1.80. The zero-order valence-electron chi connectivity index (χ0n) is 18.2. The van der Waals surface area contributed by atoms with Crippen LogP contribution in [0.3, 0.4) is 0 Å². The van der Waals surface area contributed by atoms with Gasteiger partial charge in [0.2, 0.25) is 10.0 Å². The van der Waals surface area contributed by atoms with Crippen molar-refractivity contribution in [3.8, 4) is 5.75 Å². The Morgan fingerprint density at radius 1 is 1.31 bits per heavy atom. The maximum Gasteiger partial charge on any atom is 0.211 e. The van der Waals surface area contributed by atoms with Gasteiger partial charge in [-0.25, -0.2) is 12.7 Å². The highest BCUT2D eigenvalue weighted by Gasteiger charge is 2.28. The molecule has 2 N–H and O–H groups in total. The molecule has 0 radical (unpaired) electrons. The molecule has 0 amide bonds. The molecule has 0 aromatic heterocycles. The second-order valence-corrected chi connectivity index (χ2v) is 9.73. The second kappa shape index (κ2) is 11.4. The summed E-state index contributed by atoms with van der Waals surface area (Å²) in [5, 5.41) is 6.66. The van der Waals surface area contributed by atoms with E-state index in [1.807, 2.05) is 0 Å². The standard InChI is InChI=1S/C21H36N4O3S/c1-5-6-7-12-28-20-13-17(2)8-9-19(20)15-24-21(22-3)23-14-18-10-11-25(16-18)29(4,26)27/h8-9,13,18H,5-7,10-12,14-16H2,1-4H3,(H2,22,23,24). The zero-order valence-corrected chi connectivity index (χ0v) is 19.0. The number of benzene rings is 1. The molecule has 7 nitrogen and oxygen atoms in total. The summed E-state index contributed by atoms with van der Waals surface area (Å²) in [5.41, 5.74) is 2.28. The van der Waals surface area contributed by atoms with E-state index in [0.717, 1.165) is 30.8 Å². The van der Waals surface area contributed by atoms with Crippen molar-refractivity contribution >= 4 is 16.0 Å². The van der Waals surface area contributed by atoms with E-state index in [0.29, 0.717) is 38.1 Å². The van der Waals surface area contributed by atoms with Gasteiger partial charge in [0.05, 0.1) is 12.9 Å². The van der Waals surface area contributed by atoms with Crippen LogP contribution in [-0.4, -0.2) is 58.2 Å². The van der Waals surface area contributed by atoms with E-state index >= 15 is 0 Å². The Bertz CT molecular complexity index is 780. The largest absolute Gasteiger partial charge is 0.493 e. The average Bonchev–Trinajstić information content (AvgIpc) is 3.16. The van der Waals surface area contributed by atoms with Gasteiger partial charge < -0.3 is 15.4 Å². The van der Waals surface area contributed by atoms with Gasteiger partial charge in [0.15, 0.2) is 5.96 Å². The van der Waals surface area contributed by atoms with Crippen LogP contribution in [0.25, 0.3) is 0 Å². The number of aliphatic imine (C=N–C) groups is 1. The fourth-order valence-corrected chi connectivity index (χ4v) is 4.30. The first-order valence-corrected chi connectivity index (χ1v) is 12.3. The summed E-state index contributed by atoms with van der Waals surface area (Å²) >= 11 is 0. The number of ether oxygens (including phenoxy) is 1. The Labute approximate surface area is 176 Å². The van der Waals surface area contributed by atoms with Crippen molar-refractivity contribution in [2.75, 3.05) is 39.5 Å². The fraction of sp³-hybridized carbons (Fsp3) is 0.667. The van der Waals surface area contributed by atoms with Crippen molar-refractivity contribution in [1.82, 2.24) is 14.9 Å². The molecule has 1 aliphatic heterocycles. The summed E-state index contributed by atoms with van der Waals surface area (Å²) in [6, 6.07) is 6.26. The molecule has 1 saturated heterocycles. The van der Waals surface area contributed by atoms with Crippen LogP contribution in [0.2, 0.25) is 0 Å². The molecule has 2 rings (SSSR count). The van der Waals surface area contributed by atoms with Gasteiger partial charge in [-0.2, -0.15) is 0 Å². The quantitative estimate of drug-likeness (QED) is 0.343. The van der Waals surface area contributed by atoms with Gasteiger partial charge in [0.25, 0.3) is 0 Å². The molecule has 8 heteroatoms. The molecule has 0 aliphatic carbocycles. The molecule has 1 aliphatic rings. The first kappa shape index (κ1) is 23.5. The van der Waals surface area contributed by atoms with Gasteiger partial charge >= 0.3 is 0 Å². The van der Waals surface area contributed by atoms with E-state index < -0.39 is 10.0 Å². The number of nitrogens with one attached hydrogen (secondary N) is 2. The van der Waals surface area contributed by atoms with Crippen LogP contribution in [0.5, 0.6) is 5.75 Å². The second-order valence-electron chi connectivity index (χ2n) is 7.75. The molecule has 0 spiro atoms. The van der Waals surface area contributed by atoms with Crippen LogP contribution in [0.4, 0.5) is 0 Å². The molecule has 1 aromatic carbocycles. The van der Waals surface area contributed by atoms with Crippen molar-refractivity contribution < 1.29 is 13.2 Å². The minimum absolute atomic E-state index is 0.292. The van der Waals surface area contributed by atoms with Crippen LogP contribution in [-0.2, 0) is 16.6 Å². The third kappa shape index (κ3) is 7.85. The van der Waals surface area contributed by atoms with E-state index in [1.165, 1.54) is 24.7 Å². The lowest BCUT2D eigenvalue weighted by Gasteiger charge is -2.17. The molecule has 1 atom stereocenters. The predicted octanol–water partition coefficient (Wildman–Crippen LogP) is 2.51. The Morgan fingerprint density at radius 2 is 2.10 bits per heavy atom.